The highest BCUT2D eigenvalue weighted by Gasteiger charge is 2.20. The number of nitrogens with zero attached hydrogens (tertiary/aromatic N) is 4. The van der Waals surface area contributed by atoms with Crippen LogP contribution in [0.15, 0.2) is 58.8 Å². The number of aromatic nitrogens is 4. The summed E-state index contributed by atoms with van der Waals surface area (Å²) in [5.41, 5.74) is 0.591. The lowest BCUT2D eigenvalue weighted by Gasteiger charge is -2.16. The number of aliphatic hydroxyl groups is 1. The second-order valence-corrected chi connectivity index (χ2v) is 7.53. The largest absolute Gasteiger partial charge is 0.495 e. The van der Waals surface area contributed by atoms with E-state index in [4.69, 9.17) is 4.74 Å². The van der Waals surface area contributed by atoms with Crippen LogP contribution in [0.25, 0.3) is 27.7 Å². The number of aliphatic hydroxyl groups excluding tert-OH is 1. The van der Waals surface area contributed by atoms with Crippen LogP contribution < -0.4 is 16.0 Å². The first kappa shape index (κ1) is 22.2. The average Bonchev–Trinajstić information content (AvgIpc) is 3.14. The quantitative estimate of drug-likeness (QED) is 0.488. The van der Waals surface area contributed by atoms with Gasteiger partial charge >= 0.3 is 5.69 Å². The molecule has 0 saturated heterocycles. The van der Waals surface area contributed by atoms with Crippen LogP contribution in [-0.4, -0.2) is 31.1 Å². The number of ether oxygens (including phenoxy) is 1. The molecule has 0 atom stereocenters. The summed E-state index contributed by atoms with van der Waals surface area (Å²) in [7, 11) is 1.50. The Balaban J connectivity index is 2.06. The first-order chi connectivity index (χ1) is 15.8. The van der Waals surface area contributed by atoms with E-state index in [2.05, 4.69) is 11.7 Å². The van der Waals surface area contributed by atoms with Gasteiger partial charge in [0.2, 0.25) is 0 Å². The van der Waals surface area contributed by atoms with Crippen LogP contribution in [0.3, 0.4) is 0 Å². The number of allylic oxidation sites excluding steroid dienone is 1. The van der Waals surface area contributed by atoms with Crippen molar-refractivity contribution in [2.24, 2.45) is 0 Å². The van der Waals surface area contributed by atoms with Crippen molar-refractivity contribution in [3.05, 3.63) is 87.2 Å². The predicted octanol–water partition coefficient (Wildman–Crippen LogP) is 3.03. The van der Waals surface area contributed by atoms with E-state index >= 15 is 4.39 Å². The molecule has 0 aliphatic rings. The standard InChI is InChI=1S/C24H23FN4O4/c1-5-27-22(13-30)26-29(24(27)32)20-11-15-16(10-18(20)25)23(31)28(12-17(15)14(2)3)19-8-6-7-9-21(19)33-4/h6-12,30H,2,5,13H2,1,3-4H3. The number of rotatable bonds is 6. The van der Waals surface area contributed by atoms with Crippen LogP contribution in [0, 0.1) is 5.82 Å². The smallest absolute Gasteiger partial charge is 0.350 e. The molecule has 0 aliphatic heterocycles. The van der Waals surface area contributed by atoms with Gasteiger partial charge in [0.15, 0.2) is 5.82 Å². The molecule has 0 spiro atoms. The average molecular weight is 450 g/mol. The Morgan fingerprint density at radius 3 is 2.52 bits per heavy atom. The van der Waals surface area contributed by atoms with E-state index < -0.39 is 23.7 Å². The summed E-state index contributed by atoms with van der Waals surface area (Å²) in [5.74, 6) is -0.192. The molecule has 8 nitrogen and oxygen atoms in total. The molecule has 1 N–H and O–H groups in total. The summed E-state index contributed by atoms with van der Waals surface area (Å²) < 4.78 is 24.2. The van der Waals surface area contributed by atoms with Crippen molar-refractivity contribution in [2.75, 3.05) is 7.11 Å². The molecule has 0 radical (unpaired) electrons. The number of hydrogen-bond donors (Lipinski definition) is 1. The molecule has 170 valence electrons. The van der Waals surface area contributed by atoms with Crippen LogP contribution >= 0.6 is 0 Å². The summed E-state index contributed by atoms with van der Waals surface area (Å²) in [6.07, 6.45) is 1.62. The molecule has 9 heteroatoms. The summed E-state index contributed by atoms with van der Waals surface area (Å²) in [6.45, 7) is 7.31. The topological polar surface area (TPSA) is 91.3 Å². The van der Waals surface area contributed by atoms with Gasteiger partial charge in [-0.05, 0) is 49.1 Å². The van der Waals surface area contributed by atoms with E-state index in [-0.39, 0.29) is 23.4 Å². The van der Waals surface area contributed by atoms with Crippen molar-refractivity contribution in [3.63, 3.8) is 0 Å². The first-order valence-corrected chi connectivity index (χ1v) is 10.3. The molecule has 0 amide bonds. The summed E-state index contributed by atoms with van der Waals surface area (Å²) in [5, 5.41) is 14.1. The van der Waals surface area contributed by atoms with Gasteiger partial charge in [0.1, 0.15) is 23.9 Å². The zero-order valence-corrected chi connectivity index (χ0v) is 18.5. The third-order valence-electron chi connectivity index (χ3n) is 5.51. The minimum absolute atomic E-state index is 0.119. The van der Waals surface area contributed by atoms with Crippen molar-refractivity contribution in [2.45, 2.75) is 27.0 Å². The van der Waals surface area contributed by atoms with Crippen LogP contribution in [-0.2, 0) is 13.2 Å². The number of methoxy groups -OCH3 is 1. The maximum absolute atomic E-state index is 15.3. The Morgan fingerprint density at radius 2 is 1.91 bits per heavy atom. The number of para-hydroxylation sites is 2. The van der Waals surface area contributed by atoms with Crippen LogP contribution in [0.5, 0.6) is 5.75 Å². The zero-order chi connectivity index (χ0) is 23.9. The highest BCUT2D eigenvalue weighted by Crippen LogP contribution is 2.29. The summed E-state index contributed by atoms with van der Waals surface area (Å²) >= 11 is 0. The SMILES string of the molecule is C=C(C)c1cn(-c2ccccc2OC)c(=O)c2cc(F)c(-n3nc(CO)n(CC)c3=O)cc12. The van der Waals surface area contributed by atoms with Gasteiger partial charge in [0.05, 0.1) is 18.2 Å². The molecule has 33 heavy (non-hydrogen) atoms. The summed E-state index contributed by atoms with van der Waals surface area (Å²) in [6, 6.07) is 9.53. The third-order valence-corrected chi connectivity index (χ3v) is 5.51. The van der Waals surface area contributed by atoms with E-state index in [0.29, 0.717) is 28.0 Å². The van der Waals surface area contributed by atoms with Crippen LogP contribution in [0.1, 0.15) is 25.2 Å². The number of benzene rings is 2. The van der Waals surface area contributed by atoms with Crippen LogP contribution in [0.2, 0.25) is 0 Å². The predicted molar refractivity (Wildman–Crippen MR) is 124 cm³/mol. The molecule has 0 bridgehead atoms. The zero-order valence-electron chi connectivity index (χ0n) is 18.5. The second kappa shape index (κ2) is 8.51. The molecule has 2 aromatic heterocycles. The molecule has 2 aromatic carbocycles. The van der Waals surface area contributed by atoms with Gasteiger partial charge in [-0.3, -0.25) is 13.9 Å². The minimum Gasteiger partial charge on any atom is -0.495 e. The molecule has 4 rings (SSSR count). The van der Waals surface area contributed by atoms with Gasteiger partial charge in [-0.1, -0.05) is 18.7 Å². The van der Waals surface area contributed by atoms with E-state index in [1.165, 1.54) is 22.3 Å². The highest BCUT2D eigenvalue weighted by molar-refractivity contribution is 5.94. The maximum atomic E-state index is 15.3. The Kier molecular flexibility index (Phi) is 5.73. The fourth-order valence-corrected chi connectivity index (χ4v) is 3.89. The van der Waals surface area contributed by atoms with Crippen molar-refractivity contribution in [1.82, 2.24) is 18.9 Å². The Hall–Kier alpha value is -3.98. The van der Waals surface area contributed by atoms with Gasteiger partial charge in [-0.2, -0.15) is 4.68 Å². The molecule has 0 saturated carbocycles. The third kappa shape index (κ3) is 3.56. The van der Waals surface area contributed by atoms with Crippen molar-refractivity contribution in [1.29, 1.82) is 0 Å². The van der Waals surface area contributed by atoms with E-state index in [1.807, 2.05) is 0 Å². The molecular formula is C24H23FN4O4. The normalized spacial score (nSPS) is 11.2. The lowest BCUT2D eigenvalue weighted by Crippen LogP contribution is -2.25. The van der Waals surface area contributed by atoms with Crippen molar-refractivity contribution >= 4 is 16.3 Å². The second-order valence-electron chi connectivity index (χ2n) is 7.53. The van der Waals surface area contributed by atoms with E-state index in [1.54, 1.807) is 44.3 Å². The lowest BCUT2D eigenvalue weighted by molar-refractivity contribution is 0.264. The van der Waals surface area contributed by atoms with Crippen molar-refractivity contribution in [3.8, 4) is 17.1 Å². The number of pyridine rings is 1. The molecule has 4 aromatic rings. The molecule has 0 aliphatic carbocycles. The Bertz CT molecular complexity index is 1510. The highest BCUT2D eigenvalue weighted by atomic mass is 19.1. The number of fused-ring (bicyclic) bond motifs is 1. The fraction of sp³-hybridized carbons (Fsp3) is 0.208. The first-order valence-electron chi connectivity index (χ1n) is 10.3. The molecule has 2 heterocycles. The lowest BCUT2D eigenvalue weighted by atomic mass is 10.0. The molecule has 0 fully saturated rings. The van der Waals surface area contributed by atoms with Gasteiger partial charge in [0.25, 0.3) is 5.56 Å². The summed E-state index contributed by atoms with van der Waals surface area (Å²) in [4.78, 5) is 26.1. The van der Waals surface area contributed by atoms with Gasteiger partial charge in [-0.25, -0.2) is 9.18 Å². The molecule has 0 unspecified atom stereocenters. The van der Waals surface area contributed by atoms with Crippen LogP contribution in [0.4, 0.5) is 4.39 Å². The molecular weight excluding hydrogens is 427 g/mol. The van der Waals surface area contributed by atoms with E-state index in [9.17, 15) is 14.7 Å². The minimum atomic E-state index is -0.794. The van der Waals surface area contributed by atoms with Gasteiger partial charge in [-0.15, -0.1) is 5.10 Å². The number of hydrogen-bond acceptors (Lipinski definition) is 5. The van der Waals surface area contributed by atoms with Gasteiger partial charge < -0.3 is 9.84 Å². The van der Waals surface area contributed by atoms with Crippen molar-refractivity contribution < 1.29 is 14.2 Å². The van der Waals surface area contributed by atoms with Gasteiger partial charge in [0, 0.05) is 18.3 Å². The Morgan fingerprint density at radius 1 is 1.18 bits per heavy atom. The monoisotopic (exact) mass is 450 g/mol. The van der Waals surface area contributed by atoms with E-state index in [0.717, 1.165) is 10.7 Å². The maximum Gasteiger partial charge on any atom is 0.350 e. The Labute approximate surface area is 188 Å². The number of halogens is 1. The fourth-order valence-electron chi connectivity index (χ4n) is 3.89.